The van der Waals surface area contributed by atoms with Crippen LogP contribution < -0.4 is 10.6 Å². The van der Waals surface area contributed by atoms with Gasteiger partial charge in [0.15, 0.2) is 0 Å². The number of benzene rings is 1. The minimum absolute atomic E-state index is 0.0473. The maximum atomic E-state index is 12.9. The molecular weight excluding hydrogens is 351 g/mol. The van der Waals surface area contributed by atoms with Gasteiger partial charge in [0.1, 0.15) is 11.6 Å². The van der Waals surface area contributed by atoms with Gasteiger partial charge < -0.3 is 15.1 Å². The fraction of sp³-hybridized carbons (Fsp3) is 0.368. The summed E-state index contributed by atoms with van der Waals surface area (Å²) < 4.78 is 18.1. The maximum Gasteiger partial charge on any atom is 0.238 e. The molecule has 27 heavy (non-hydrogen) atoms. The largest absolute Gasteiger partial charge is 0.467 e. The average molecular weight is 374 g/mol. The Morgan fingerprint density at radius 1 is 0.963 bits per heavy atom. The van der Waals surface area contributed by atoms with Crippen LogP contribution in [0.4, 0.5) is 10.1 Å². The van der Waals surface area contributed by atoms with E-state index in [1.54, 1.807) is 12.3 Å². The Morgan fingerprint density at radius 2 is 1.59 bits per heavy atom. The van der Waals surface area contributed by atoms with Gasteiger partial charge in [-0.05, 0) is 36.4 Å². The van der Waals surface area contributed by atoms with Gasteiger partial charge in [-0.25, -0.2) is 4.39 Å². The van der Waals surface area contributed by atoms with E-state index in [9.17, 15) is 14.0 Å². The summed E-state index contributed by atoms with van der Waals surface area (Å²) in [5, 5.41) is 5.58. The molecule has 1 aliphatic heterocycles. The lowest BCUT2D eigenvalue weighted by molar-refractivity contribution is -0.123. The van der Waals surface area contributed by atoms with Crippen LogP contribution in [-0.4, -0.2) is 60.9 Å². The third-order valence-electron chi connectivity index (χ3n) is 4.37. The van der Waals surface area contributed by atoms with Gasteiger partial charge in [0, 0.05) is 31.9 Å². The highest BCUT2D eigenvalue weighted by molar-refractivity contribution is 5.92. The van der Waals surface area contributed by atoms with Crippen LogP contribution in [0.2, 0.25) is 0 Å². The van der Waals surface area contributed by atoms with Crippen LogP contribution in [0, 0.1) is 5.82 Å². The third-order valence-corrected chi connectivity index (χ3v) is 4.37. The zero-order chi connectivity index (χ0) is 19.1. The van der Waals surface area contributed by atoms with Crippen molar-refractivity contribution < 1.29 is 18.4 Å². The van der Waals surface area contributed by atoms with Crippen molar-refractivity contribution in [3.63, 3.8) is 0 Å². The van der Waals surface area contributed by atoms with E-state index in [2.05, 4.69) is 15.5 Å². The number of anilines is 1. The van der Waals surface area contributed by atoms with Crippen LogP contribution >= 0.6 is 0 Å². The molecule has 144 valence electrons. The van der Waals surface area contributed by atoms with Crippen LogP contribution in [0.5, 0.6) is 0 Å². The lowest BCUT2D eigenvalue weighted by Crippen LogP contribution is -2.50. The fourth-order valence-corrected chi connectivity index (χ4v) is 2.90. The molecule has 0 radical (unpaired) electrons. The van der Waals surface area contributed by atoms with Crippen LogP contribution in [0.3, 0.4) is 0 Å². The van der Waals surface area contributed by atoms with Crippen molar-refractivity contribution in [1.29, 1.82) is 0 Å². The zero-order valence-corrected chi connectivity index (χ0v) is 15.0. The van der Waals surface area contributed by atoms with Gasteiger partial charge in [0.05, 0.1) is 25.9 Å². The number of halogens is 1. The Kier molecular flexibility index (Phi) is 6.56. The fourth-order valence-electron chi connectivity index (χ4n) is 2.90. The highest BCUT2D eigenvalue weighted by Gasteiger charge is 2.20. The molecule has 2 heterocycles. The molecule has 0 spiro atoms. The molecule has 1 aromatic heterocycles. The molecule has 0 bridgehead atoms. The molecule has 2 amide bonds. The standard InChI is InChI=1S/C19H23FN4O3/c20-15-3-5-16(6-4-15)22-19(26)14-24-9-7-23(8-10-24)13-18(25)21-12-17-2-1-11-27-17/h1-6,11H,7-10,12-14H2,(H,21,25)(H,22,26). The van der Waals surface area contributed by atoms with E-state index in [0.29, 0.717) is 31.9 Å². The predicted molar refractivity (Wildman–Crippen MR) is 98.5 cm³/mol. The molecule has 0 saturated carbocycles. The zero-order valence-electron chi connectivity index (χ0n) is 15.0. The number of hydrogen-bond donors (Lipinski definition) is 2. The van der Waals surface area contributed by atoms with Crippen molar-refractivity contribution in [3.8, 4) is 0 Å². The monoisotopic (exact) mass is 374 g/mol. The normalized spacial score (nSPS) is 15.4. The Balaban J connectivity index is 1.34. The van der Waals surface area contributed by atoms with Gasteiger partial charge in [-0.2, -0.15) is 0 Å². The molecule has 8 heteroatoms. The van der Waals surface area contributed by atoms with Crippen molar-refractivity contribution in [2.45, 2.75) is 6.54 Å². The van der Waals surface area contributed by atoms with E-state index >= 15 is 0 Å². The van der Waals surface area contributed by atoms with E-state index in [0.717, 1.165) is 18.8 Å². The molecule has 1 aliphatic rings. The summed E-state index contributed by atoms with van der Waals surface area (Å²) in [5.41, 5.74) is 0.577. The second-order valence-electron chi connectivity index (χ2n) is 6.46. The molecule has 1 aromatic carbocycles. The van der Waals surface area contributed by atoms with Gasteiger partial charge >= 0.3 is 0 Å². The number of carbonyl (C=O) groups excluding carboxylic acids is 2. The SMILES string of the molecule is O=C(CN1CCN(CC(=O)Nc2ccc(F)cc2)CC1)NCc1ccco1. The van der Waals surface area contributed by atoms with Crippen molar-refractivity contribution >= 4 is 17.5 Å². The molecule has 7 nitrogen and oxygen atoms in total. The van der Waals surface area contributed by atoms with Crippen molar-refractivity contribution in [3.05, 3.63) is 54.2 Å². The molecule has 2 N–H and O–H groups in total. The number of rotatable bonds is 7. The van der Waals surface area contributed by atoms with Crippen molar-refractivity contribution in [2.24, 2.45) is 0 Å². The molecule has 0 atom stereocenters. The van der Waals surface area contributed by atoms with E-state index < -0.39 is 0 Å². The summed E-state index contributed by atoms with van der Waals surface area (Å²) in [6, 6.07) is 9.29. The van der Waals surface area contributed by atoms with Gasteiger partial charge in [0.2, 0.25) is 11.8 Å². The number of nitrogens with one attached hydrogen (secondary N) is 2. The van der Waals surface area contributed by atoms with E-state index in [4.69, 9.17) is 4.42 Å². The van der Waals surface area contributed by atoms with Gasteiger partial charge in [-0.1, -0.05) is 0 Å². The Morgan fingerprint density at radius 3 is 2.19 bits per heavy atom. The van der Waals surface area contributed by atoms with Gasteiger partial charge in [-0.15, -0.1) is 0 Å². The van der Waals surface area contributed by atoms with Gasteiger partial charge in [0.25, 0.3) is 0 Å². The number of carbonyl (C=O) groups is 2. The van der Waals surface area contributed by atoms with Gasteiger partial charge in [-0.3, -0.25) is 19.4 Å². The summed E-state index contributed by atoms with van der Waals surface area (Å²) in [4.78, 5) is 28.2. The predicted octanol–water partition coefficient (Wildman–Crippen LogP) is 1.29. The number of amides is 2. The minimum Gasteiger partial charge on any atom is -0.467 e. The highest BCUT2D eigenvalue weighted by Crippen LogP contribution is 2.09. The van der Waals surface area contributed by atoms with Crippen LogP contribution in [-0.2, 0) is 16.1 Å². The smallest absolute Gasteiger partial charge is 0.238 e. The van der Waals surface area contributed by atoms with E-state index in [-0.39, 0.29) is 24.2 Å². The summed E-state index contributed by atoms with van der Waals surface area (Å²) in [6.45, 7) is 3.85. The lowest BCUT2D eigenvalue weighted by Gasteiger charge is -2.33. The molecule has 2 aromatic rings. The minimum atomic E-state index is -0.336. The number of nitrogens with zero attached hydrogens (tertiary/aromatic N) is 2. The summed E-state index contributed by atoms with van der Waals surface area (Å²) in [7, 11) is 0. The molecule has 0 aliphatic carbocycles. The first-order valence-electron chi connectivity index (χ1n) is 8.88. The average Bonchev–Trinajstić information content (AvgIpc) is 3.17. The summed E-state index contributed by atoms with van der Waals surface area (Å²) in [6.07, 6.45) is 1.58. The van der Waals surface area contributed by atoms with E-state index in [1.807, 2.05) is 11.0 Å². The first kappa shape index (κ1) is 19.1. The number of hydrogen-bond acceptors (Lipinski definition) is 5. The van der Waals surface area contributed by atoms with E-state index in [1.165, 1.54) is 24.3 Å². The van der Waals surface area contributed by atoms with Crippen LogP contribution in [0.25, 0.3) is 0 Å². The second-order valence-corrected chi connectivity index (χ2v) is 6.46. The topological polar surface area (TPSA) is 77.8 Å². The maximum absolute atomic E-state index is 12.9. The lowest BCUT2D eigenvalue weighted by atomic mass is 10.3. The molecule has 0 unspecified atom stereocenters. The van der Waals surface area contributed by atoms with Crippen LogP contribution in [0.15, 0.2) is 47.1 Å². The molecule has 3 rings (SSSR count). The Labute approximate surface area is 157 Å². The molecular formula is C19H23FN4O3. The number of piperazine rings is 1. The molecule has 1 fully saturated rings. The first-order valence-corrected chi connectivity index (χ1v) is 8.88. The summed E-state index contributed by atoms with van der Waals surface area (Å²) in [5.74, 6) is 0.206. The second kappa shape index (κ2) is 9.29. The Hall–Kier alpha value is -2.71. The summed E-state index contributed by atoms with van der Waals surface area (Å²) >= 11 is 0. The van der Waals surface area contributed by atoms with Crippen molar-refractivity contribution in [2.75, 3.05) is 44.6 Å². The van der Waals surface area contributed by atoms with Crippen molar-refractivity contribution in [1.82, 2.24) is 15.1 Å². The first-order chi connectivity index (χ1) is 13.1. The molecule has 1 saturated heterocycles. The number of furan rings is 1. The highest BCUT2D eigenvalue weighted by atomic mass is 19.1. The quantitative estimate of drug-likeness (QED) is 0.764. The third kappa shape index (κ3) is 6.19. The van der Waals surface area contributed by atoms with Crippen LogP contribution in [0.1, 0.15) is 5.76 Å². The Bertz CT molecular complexity index is 741.